The fourth-order valence-electron chi connectivity index (χ4n) is 12.4. The van der Waals surface area contributed by atoms with Crippen LogP contribution in [-0.4, -0.2) is 70.7 Å². The minimum Gasteiger partial charge on any atom is -0.469 e. The minimum absolute atomic E-state index is 0.00347. The van der Waals surface area contributed by atoms with E-state index >= 15 is 0 Å². The van der Waals surface area contributed by atoms with Gasteiger partial charge in [0.05, 0.1) is 29.3 Å². The van der Waals surface area contributed by atoms with E-state index in [0.29, 0.717) is 32.1 Å². The number of ether oxygens (including phenoxy) is 4. The molecule has 0 aromatic carbocycles. The molecule has 1 aromatic rings. The lowest BCUT2D eigenvalue weighted by molar-refractivity contribution is -0.264. The Kier molecular flexibility index (Phi) is 6.52. The lowest BCUT2D eigenvalue weighted by atomic mass is 9.35. The summed E-state index contributed by atoms with van der Waals surface area (Å²) in [6.45, 7) is 9.89. The number of hydrogen-bond acceptors (Lipinski definition) is 10. The second kappa shape index (κ2) is 9.67. The van der Waals surface area contributed by atoms with Gasteiger partial charge in [-0.2, -0.15) is 0 Å². The van der Waals surface area contributed by atoms with Gasteiger partial charge in [-0.25, -0.2) is 4.79 Å². The van der Waals surface area contributed by atoms with Crippen LogP contribution in [-0.2, 0) is 39.8 Å². The molecular formula is C36H48O10. The van der Waals surface area contributed by atoms with E-state index in [1.165, 1.54) is 0 Å². The van der Waals surface area contributed by atoms with Crippen molar-refractivity contribution in [2.45, 2.75) is 128 Å². The Morgan fingerprint density at radius 2 is 1.78 bits per heavy atom. The highest BCUT2D eigenvalue weighted by Gasteiger charge is 2.91. The van der Waals surface area contributed by atoms with Gasteiger partial charge in [0.15, 0.2) is 11.9 Å². The number of aliphatic hydroxyl groups excluding tert-OH is 2. The first-order chi connectivity index (χ1) is 21.8. The molecule has 2 N–H and O–H groups in total. The van der Waals surface area contributed by atoms with Gasteiger partial charge in [0.25, 0.3) is 0 Å². The van der Waals surface area contributed by atoms with Crippen molar-refractivity contribution in [1.29, 1.82) is 0 Å². The van der Waals surface area contributed by atoms with E-state index in [2.05, 4.69) is 13.8 Å². The predicted octanol–water partition coefficient (Wildman–Crippen LogP) is 4.23. The molecule has 4 aliphatic heterocycles. The molecule has 0 unspecified atom stereocenters. The summed E-state index contributed by atoms with van der Waals surface area (Å²) in [5, 5.41) is 22.4. The Morgan fingerprint density at radius 3 is 2.50 bits per heavy atom. The molecule has 4 saturated heterocycles. The van der Waals surface area contributed by atoms with Crippen LogP contribution in [0.2, 0.25) is 0 Å². The van der Waals surface area contributed by atoms with Gasteiger partial charge in [-0.1, -0.05) is 33.6 Å². The van der Waals surface area contributed by atoms with Crippen molar-refractivity contribution < 1.29 is 48.0 Å². The molecule has 1 aromatic heterocycles. The molecule has 7 fully saturated rings. The molecule has 3 aliphatic carbocycles. The van der Waals surface area contributed by atoms with Crippen molar-refractivity contribution in [3.63, 3.8) is 0 Å². The standard InChI is InChI=1S/C36H48O10/c1-6-7-8-9-21-20(12-15-42-21)26-32(4)13-11-22-33(5,36(32)27(45-36)28(40)44-26)25(39)23(38)24-31(2,3)46-29-34(14-10-19(16-34)17-37)30(41)43-18-35(22,24)29/h12,15,19,22,24-27,29,37,39H,6-11,13-14,16-18H2,1-5H3/t19-,22+,24-,25-,26+,27-,29+,32+,33+,34-,35-,36-/m1/s1. The van der Waals surface area contributed by atoms with E-state index in [1.807, 2.05) is 26.8 Å². The monoisotopic (exact) mass is 640 g/mol. The van der Waals surface area contributed by atoms with E-state index in [-0.39, 0.29) is 36.8 Å². The number of fused-ring (bicyclic) bond motifs is 2. The topological polar surface area (TPSA) is 145 Å². The van der Waals surface area contributed by atoms with Gasteiger partial charge in [-0.3, -0.25) is 9.59 Å². The molecule has 252 valence electrons. The lowest BCUT2D eigenvalue weighted by Crippen LogP contribution is -2.77. The quantitative estimate of drug-likeness (QED) is 0.263. The maximum Gasteiger partial charge on any atom is 0.339 e. The summed E-state index contributed by atoms with van der Waals surface area (Å²) in [5.41, 5.74) is -5.24. The zero-order valence-electron chi connectivity index (χ0n) is 27.6. The number of ketones is 1. The van der Waals surface area contributed by atoms with Gasteiger partial charge in [0, 0.05) is 34.8 Å². The van der Waals surface area contributed by atoms with Crippen LogP contribution in [0.5, 0.6) is 0 Å². The number of carbonyl (C=O) groups excluding carboxylic acids is 3. The summed E-state index contributed by atoms with van der Waals surface area (Å²) in [6, 6.07) is 1.89. The number of esters is 2. The first-order valence-electron chi connectivity index (χ1n) is 17.4. The number of aryl methyl sites for hydroxylation is 1. The van der Waals surface area contributed by atoms with E-state index in [4.69, 9.17) is 23.4 Å². The third-order valence-electron chi connectivity index (χ3n) is 14.2. The number of Topliss-reactive ketones (excluding diaryl/α,β-unsaturated/α-hetero) is 1. The molecule has 3 saturated carbocycles. The number of carbonyl (C=O) groups is 3. The second-order valence-corrected chi connectivity index (χ2v) is 16.6. The first-order valence-corrected chi connectivity index (χ1v) is 17.4. The number of cyclic esters (lactones) is 2. The SMILES string of the molecule is CCCCCc1occc1[C@@H]1OC(=O)[C@H]2O[C@]23[C@]2(C)[C@H](O)C(=O)[C@@H]4C(C)(C)O[C@H]5[C@]6(CC[C@@H](CO)C6)C(=O)OC[C@@]45[C@H]2CC[C@@]13C. The molecule has 10 nitrogen and oxygen atoms in total. The van der Waals surface area contributed by atoms with Gasteiger partial charge < -0.3 is 33.6 Å². The molecule has 10 heteroatoms. The van der Waals surface area contributed by atoms with Crippen molar-refractivity contribution in [3.05, 3.63) is 23.7 Å². The van der Waals surface area contributed by atoms with Crippen molar-refractivity contribution in [2.75, 3.05) is 13.2 Å². The van der Waals surface area contributed by atoms with Crippen molar-refractivity contribution in [1.82, 2.24) is 0 Å². The number of furan rings is 1. The van der Waals surface area contributed by atoms with Crippen molar-refractivity contribution in [2.24, 2.45) is 39.4 Å². The number of hydrogen-bond donors (Lipinski definition) is 2. The van der Waals surface area contributed by atoms with Crippen LogP contribution in [0, 0.1) is 39.4 Å². The van der Waals surface area contributed by atoms with Crippen molar-refractivity contribution >= 4 is 17.7 Å². The molecule has 46 heavy (non-hydrogen) atoms. The molecule has 5 heterocycles. The Hall–Kier alpha value is -2.27. The smallest absolute Gasteiger partial charge is 0.339 e. The highest BCUT2D eigenvalue weighted by atomic mass is 16.7. The molecule has 12 atom stereocenters. The van der Waals surface area contributed by atoms with Crippen LogP contribution in [0.15, 0.2) is 16.7 Å². The molecule has 8 rings (SSSR count). The van der Waals surface area contributed by atoms with Gasteiger partial charge in [-0.05, 0) is 70.3 Å². The fraction of sp³-hybridized carbons (Fsp3) is 0.806. The normalized spacial score (nSPS) is 49.8. The van der Waals surface area contributed by atoms with E-state index in [0.717, 1.165) is 37.0 Å². The van der Waals surface area contributed by atoms with Crippen LogP contribution in [0.3, 0.4) is 0 Å². The van der Waals surface area contributed by atoms with E-state index in [1.54, 1.807) is 6.26 Å². The molecule has 3 spiro atoms. The maximum atomic E-state index is 14.8. The van der Waals surface area contributed by atoms with Gasteiger partial charge >= 0.3 is 11.9 Å². The Labute approximate surface area is 269 Å². The Morgan fingerprint density at radius 1 is 1.00 bits per heavy atom. The van der Waals surface area contributed by atoms with Gasteiger partial charge in [-0.15, -0.1) is 0 Å². The van der Waals surface area contributed by atoms with Crippen LogP contribution < -0.4 is 0 Å². The molecular weight excluding hydrogens is 592 g/mol. The summed E-state index contributed by atoms with van der Waals surface area (Å²) in [4.78, 5) is 42.3. The van der Waals surface area contributed by atoms with E-state index in [9.17, 15) is 24.6 Å². The second-order valence-electron chi connectivity index (χ2n) is 16.6. The molecule has 0 radical (unpaired) electrons. The largest absolute Gasteiger partial charge is 0.469 e. The number of epoxide rings is 1. The average Bonchev–Trinajstić information content (AvgIpc) is 3.29. The van der Waals surface area contributed by atoms with Crippen LogP contribution in [0.25, 0.3) is 0 Å². The third kappa shape index (κ3) is 3.35. The average molecular weight is 641 g/mol. The maximum absolute atomic E-state index is 14.8. The van der Waals surface area contributed by atoms with Gasteiger partial charge in [0.1, 0.15) is 30.2 Å². The number of aliphatic hydroxyl groups is 2. The highest BCUT2D eigenvalue weighted by Crippen LogP contribution is 2.81. The van der Waals surface area contributed by atoms with Crippen LogP contribution >= 0.6 is 0 Å². The molecule has 0 bridgehead atoms. The Balaban J connectivity index is 1.27. The van der Waals surface area contributed by atoms with E-state index < -0.39 is 69.2 Å². The minimum atomic E-state index is -1.43. The first kappa shape index (κ1) is 31.0. The predicted molar refractivity (Wildman–Crippen MR) is 161 cm³/mol. The van der Waals surface area contributed by atoms with Crippen LogP contribution in [0.1, 0.15) is 103 Å². The summed E-state index contributed by atoms with van der Waals surface area (Å²) in [7, 11) is 0. The summed E-state index contributed by atoms with van der Waals surface area (Å²) in [6.07, 6.45) is 4.56. The van der Waals surface area contributed by atoms with Crippen molar-refractivity contribution in [3.8, 4) is 0 Å². The summed E-state index contributed by atoms with van der Waals surface area (Å²) >= 11 is 0. The number of unbranched alkanes of at least 4 members (excludes halogenated alkanes) is 2. The van der Waals surface area contributed by atoms with Gasteiger partial charge in [0.2, 0.25) is 0 Å². The third-order valence-corrected chi connectivity index (χ3v) is 14.2. The molecule has 0 amide bonds. The summed E-state index contributed by atoms with van der Waals surface area (Å²) < 4.78 is 31.8. The van der Waals surface area contributed by atoms with Crippen LogP contribution in [0.4, 0.5) is 0 Å². The summed E-state index contributed by atoms with van der Waals surface area (Å²) in [5.74, 6) is -1.52. The fourth-order valence-corrected chi connectivity index (χ4v) is 12.4. The lowest BCUT2D eigenvalue weighted by Gasteiger charge is -2.67. The zero-order chi connectivity index (χ0) is 32.7. The highest BCUT2D eigenvalue weighted by molar-refractivity contribution is 5.92. The number of rotatable bonds is 6. The zero-order valence-corrected chi connectivity index (χ0v) is 27.6. The molecule has 7 aliphatic rings. The Bertz CT molecular complexity index is 1480.